The van der Waals surface area contributed by atoms with Crippen LogP contribution in [0.15, 0.2) is 42.5 Å². The summed E-state index contributed by atoms with van der Waals surface area (Å²) in [4.78, 5) is 29.1. The van der Waals surface area contributed by atoms with E-state index in [-0.39, 0.29) is 25.2 Å². The van der Waals surface area contributed by atoms with Crippen LogP contribution in [-0.4, -0.2) is 73.2 Å². The molecule has 0 spiro atoms. The number of hydrogen-bond donors (Lipinski definition) is 1. The predicted octanol–water partition coefficient (Wildman–Crippen LogP) is 4.28. The van der Waals surface area contributed by atoms with Crippen LogP contribution >= 0.6 is 0 Å². The first-order chi connectivity index (χ1) is 17.4. The number of rotatable bonds is 10. The smallest absolute Gasteiger partial charge is 0.497 e. The van der Waals surface area contributed by atoms with Gasteiger partial charge in [0, 0.05) is 25.6 Å². The minimum Gasteiger partial charge on any atom is -0.497 e. The summed E-state index contributed by atoms with van der Waals surface area (Å²) < 4.78 is 21.8. The average molecular weight is 499 g/mol. The van der Waals surface area contributed by atoms with Crippen LogP contribution in [0.3, 0.4) is 0 Å². The first kappa shape index (κ1) is 25.6. The number of benzene rings is 2. The number of nitrogens with zero attached hydrogens (tertiary/aromatic N) is 2. The average Bonchev–Trinajstić information content (AvgIpc) is 3.47. The Hall–Kier alpha value is -3.46. The first-order valence-corrected chi connectivity index (χ1v) is 12.4. The van der Waals surface area contributed by atoms with Gasteiger partial charge in [0.2, 0.25) is 12.7 Å². The van der Waals surface area contributed by atoms with Crippen molar-refractivity contribution in [3.05, 3.63) is 53.6 Å². The zero-order chi connectivity index (χ0) is 25.7. The first-order valence-electron chi connectivity index (χ1n) is 12.4. The van der Waals surface area contributed by atoms with E-state index in [1.807, 2.05) is 52.3 Å². The van der Waals surface area contributed by atoms with E-state index in [1.165, 1.54) is 0 Å². The lowest BCUT2D eigenvalue weighted by Gasteiger charge is -2.30. The normalized spacial score (nSPS) is 20.8. The molecule has 2 heterocycles. The molecule has 0 bridgehead atoms. The van der Waals surface area contributed by atoms with E-state index >= 15 is 0 Å². The van der Waals surface area contributed by atoms with Gasteiger partial charge in [-0.3, -0.25) is 9.69 Å². The van der Waals surface area contributed by atoms with Gasteiger partial charge in [0.25, 0.3) is 0 Å². The molecule has 36 heavy (non-hydrogen) atoms. The summed E-state index contributed by atoms with van der Waals surface area (Å²) in [7, 11) is 1.59. The van der Waals surface area contributed by atoms with E-state index in [1.54, 1.807) is 7.11 Å². The van der Waals surface area contributed by atoms with Crippen LogP contribution in [0.4, 0.5) is 4.79 Å². The van der Waals surface area contributed by atoms with Crippen LogP contribution in [0.1, 0.15) is 49.8 Å². The molecule has 4 rings (SSSR count). The summed E-state index contributed by atoms with van der Waals surface area (Å²) in [5, 5.41) is 9.66. The SMILES string of the molecule is CCCN(CCC)C(=O)CN1C[C@H](c2ccc3c(c2)OCO3)[C@H](OC(=O)O)[C@H]1c1ccc(OC)cc1. The molecular formula is C27H34N2O7. The molecule has 3 atom stereocenters. The fourth-order valence-corrected chi connectivity index (χ4v) is 5.14. The highest BCUT2D eigenvalue weighted by molar-refractivity contribution is 5.78. The molecular weight excluding hydrogens is 464 g/mol. The summed E-state index contributed by atoms with van der Waals surface area (Å²) >= 11 is 0. The van der Waals surface area contributed by atoms with Crippen molar-refractivity contribution >= 4 is 12.1 Å². The number of fused-ring (bicyclic) bond motifs is 1. The maximum Gasteiger partial charge on any atom is 0.506 e. The Balaban J connectivity index is 1.70. The van der Waals surface area contributed by atoms with Crippen molar-refractivity contribution in [2.75, 3.05) is 40.1 Å². The number of carboxylic acid groups (broad SMARTS) is 1. The van der Waals surface area contributed by atoms with E-state index in [2.05, 4.69) is 13.8 Å². The van der Waals surface area contributed by atoms with Crippen LogP contribution in [0.25, 0.3) is 0 Å². The van der Waals surface area contributed by atoms with Crippen LogP contribution in [-0.2, 0) is 9.53 Å². The summed E-state index contributed by atoms with van der Waals surface area (Å²) in [5.74, 6) is 1.69. The van der Waals surface area contributed by atoms with Crippen molar-refractivity contribution in [1.29, 1.82) is 0 Å². The molecule has 2 aliphatic heterocycles. The quantitative estimate of drug-likeness (QED) is 0.485. The third-order valence-corrected chi connectivity index (χ3v) is 6.73. The minimum absolute atomic E-state index is 0.0256. The second-order valence-electron chi connectivity index (χ2n) is 9.10. The molecule has 0 radical (unpaired) electrons. The lowest BCUT2D eigenvalue weighted by atomic mass is 9.90. The summed E-state index contributed by atoms with van der Waals surface area (Å²) in [6.07, 6.45) is -0.331. The third-order valence-electron chi connectivity index (χ3n) is 6.73. The molecule has 9 nitrogen and oxygen atoms in total. The van der Waals surface area contributed by atoms with Gasteiger partial charge in [-0.25, -0.2) is 4.79 Å². The number of ether oxygens (including phenoxy) is 4. The van der Waals surface area contributed by atoms with Gasteiger partial charge in [0.1, 0.15) is 11.9 Å². The Morgan fingerprint density at radius 1 is 1.03 bits per heavy atom. The van der Waals surface area contributed by atoms with Gasteiger partial charge in [-0.15, -0.1) is 0 Å². The van der Waals surface area contributed by atoms with Crippen LogP contribution in [0, 0.1) is 0 Å². The number of hydrogen-bond acceptors (Lipinski definition) is 7. The molecule has 2 aromatic rings. The summed E-state index contributed by atoms with van der Waals surface area (Å²) in [6.45, 7) is 6.25. The van der Waals surface area contributed by atoms with Crippen molar-refractivity contribution < 1.29 is 33.6 Å². The van der Waals surface area contributed by atoms with Crippen LogP contribution < -0.4 is 14.2 Å². The molecule has 194 valence electrons. The Morgan fingerprint density at radius 3 is 2.33 bits per heavy atom. The van der Waals surface area contributed by atoms with E-state index in [4.69, 9.17) is 18.9 Å². The molecule has 0 saturated carbocycles. The second-order valence-corrected chi connectivity index (χ2v) is 9.10. The van der Waals surface area contributed by atoms with Crippen molar-refractivity contribution in [2.24, 2.45) is 0 Å². The van der Waals surface area contributed by atoms with Gasteiger partial charge in [0.15, 0.2) is 11.5 Å². The molecule has 2 aromatic carbocycles. The molecule has 0 aromatic heterocycles. The highest BCUT2D eigenvalue weighted by Crippen LogP contribution is 2.45. The number of likely N-dealkylation sites (tertiary alicyclic amines) is 1. The van der Waals surface area contributed by atoms with Gasteiger partial charge < -0.3 is 29.0 Å². The maximum absolute atomic E-state index is 13.4. The van der Waals surface area contributed by atoms with Crippen molar-refractivity contribution in [3.63, 3.8) is 0 Å². The number of carbonyl (C=O) groups excluding carboxylic acids is 1. The van der Waals surface area contributed by atoms with Gasteiger partial charge in [0.05, 0.1) is 19.7 Å². The van der Waals surface area contributed by atoms with Gasteiger partial charge >= 0.3 is 6.16 Å². The number of carbonyl (C=O) groups is 2. The molecule has 1 saturated heterocycles. The van der Waals surface area contributed by atoms with Gasteiger partial charge in [-0.2, -0.15) is 0 Å². The Labute approximate surface area is 211 Å². The molecule has 9 heteroatoms. The van der Waals surface area contributed by atoms with E-state index in [0.29, 0.717) is 36.9 Å². The predicted molar refractivity (Wildman–Crippen MR) is 133 cm³/mol. The molecule has 1 N–H and O–H groups in total. The Morgan fingerprint density at radius 2 is 1.69 bits per heavy atom. The summed E-state index contributed by atoms with van der Waals surface area (Å²) in [5.41, 5.74) is 1.73. The Bertz CT molecular complexity index is 1050. The topological polar surface area (TPSA) is 97.8 Å². The maximum atomic E-state index is 13.4. The minimum atomic E-state index is -1.35. The Kier molecular flexibility index (Phi) is 8.20. The number of amides is 1. The largest absolute Gasteiger partial charge is 0.506 e. The van der Waals surface area contributed by atoms with Crippen LogP contribution in [0.2, 0.25) is 0 Å². The zero-order valence-electron chi connectivity index (χ0n) is 21.0. The zero-order valence-corrected chi connectivity index (χ0v) is 21.0. The lowest BCUT2D eigenvalue weighted by Crippen LogP contribution is -2.42. The molecule has 0 aliphatic carbocycles. The highest BCUT2D eigenvalue weighted by Gasteiger charge is 2.47. The van der Waals surface area contributed by atoms with Crippen LogP contribution in [0.5, 0.6) is 17.2 Å². The van der Waals surface area contributed by atoms with Crippen molar-refractivity contribution in [3.8, 4) is 17.2 Å². The molecule has 2 aliphatic rings. The molecule has 1 amide bonds. The summed E-state index contributed by atoms with van der Waals surface area (Å²) in [6, 6.07) is 12.6. The standard InChI is InChI=1S/C27H34N2O7/c1-4-12-28(13-5-2)24(30)16-29-15-21(19-8-11-22-23(14-19)35-17-34-22)26(36-27(31)32)25(29)18-6-9-20(33-3)10-7-18/h6-11,14,21,25-26H,4-5,12-13,15-17H2,1-3H3,(H,31,32)/t21-,25-,26+/m1/s1. The van der Waals surface area contributed by atoms with Crippen molar-refractivity contribution in [1.82, 2.24) is 9.80 Å². The van der Waals surface area contributed by atoms with Crippen molar-refractivity contribution in [2.45, 2.75) is 44.8 Å². The van der Waals surface area contributed by atoms with E-state index in [0.717, 1.165) is 24.0 Å². The molecule has 1 fully saturated rings. The fourth-order valence-electron chi connectivity index (χ4n) is 5.14. The lowest BCUT2D eigenvalue weighted by molar-refractivity contribution is -0.133. The fraction of sp³-hybridized carbons (Fsp3) is 0.481. The number of methoxy groups -OCH3 is 1. The van der Waals surface area contributed by atoms with Gasteiger partial charge in [-0.05, 0) is 48.2 Å². The highest BCUT2D eigenvalue weighted by atomic mass is 16.7. The van der Waals surface area contributed by atoms with E-state index < -0.39 is 18.3 Å². The molecule has 0 unspecified atom stereocenters. The second kappa shape index (κ2) is 11.5. The third kappa shape index (κ3) is 5.51. The van der Waals surface area contributed by atoms with E-state index in [9.17, 15) is 14.7 Å². The monoisotopic (exact) mass is 498 g/mol. The van der Waals surface area contributed by atoms with Gasteiger partial charge in [-0.1, -0.05) is 32.0 Å².